The number of rotatable bonds is 4. The van der Waals surface area contributed by atoms with Crippen LogP contribution in [0.25, 0.3) is 0 Å². The molecule has 116 valence electrons. The van der Waals surface area contributed by atoms with Crippen LogP contribution >= 0.6 is 12.4 Å². The zero-order chi connectivity index (χ0) is 15.2. The molecule has 6 nitrogen and oxygen atoms in total. The predicted molar refractivity (Wildman–Crippen MR) is 86.7 cm³/mol. The number of anilines is 2. The van der Waals surface area contributed by atoms with E-state index in [-0.39, 0.29) is 24.2 Å². The van der Waals surface area contributed by atoms with Crippen molar-refractivity contribution in [1.82, 2.24) is 4.98 Å². The first-order valence-electron chi connectivity index (χ1n) is 6.27. The number of aromatic nitrogens is 1. The molecule has 2 rings (SSSR count). The van der Waals surface area contributed by atoms with Gasteiger partial charge in [0.25, 0.3) is 5.91 Å². The highest BCUT2D eigenvalue weighted by Gasteiger charge is 2.10. The molecule has 7 heteroatoms. The lowest BCUT2D eigenvalue weighted by Gasteiger charge is -2.12. The van der Waals surface area contributed by atoms with Crippen molar-refractivity contribution in [2.45, 2.75) is 6.92 Å². The molecule has 0 aliphatic rings. The quantitative estimate of drug-likeness (QED) is 0.907. The van der Waals surface area contributed by atoms with E-state index in [1.54, 1.807) is 42.7 Å². The van der Waals surface area contributed by atoms with E-state index in [2.05, 4.69) is 15.6 Å². The van der Waals surface area contributed by atoms with Gasteiger partial charge in [-0.25, -0.2) is 0 Å². The fourth-order valence-electron chi connectivity index (χ4n) is 1.78. The van der Waals surface area contributed by atoms with Crippen LogP contribution in [-0.2, 0) is 4.79 Å². The third-order valence-corrected chi connectivity index (χ3v) is 2.71. The van der Waals surface area contributed by atoms with E-state index in [1.165, 1.54) is 14.0 Å². The van der Waals surface area contributed by atoms with Gasteiger partial charge in [-0.3, -0.25) is 14.6 Å². The Labute approximate surface area is 134 Å². The molecule has 1 heterocycles. The average Bonchev–Trinajstić information content (AvgIpc) is 2.48. The molecule has 2 N–H and O–H groups in total. The lowest BCUT2D eigenvalue weighted by molar-refractivity contribution is -0.114. The van der Waals surface area contributed by atoms with Gasteiger partial charge in [0.1, 0.15) is 5.75 Å². The van der Waals surface area contributed by atoms with E-state index in [9.17, 15) is 9.59 Å². The third kappa shape index (κ3) is 4.46. The summed E-state index contributed by atoms with van der Waals surface area (Å²) in [6, 6.07) is 8.23. The summed E-state index contributed by atoms with van der Waals surface area (Å²) in [4.78, 5) is 27.1. The zero-order valence-corrected chi connectivity index (χ0v) is 12.9. The molecule has 0 saturated heterocycles. The van der Waals surface area contributed by atoms with Crippen LogP contribution < -0.4 is 15.4 Å². The predicted octanol–water partition coefficient (Wildman–Crippen LogP) is 2.72. The molecule has 0 radical (unpaired) electrons. The molecular formula is C15H16ClN3O3. The first kappa shape index (κ1) is 17.5. The second kappa shape index (κ2) is 7.99. The van der Waals surface area contributed by atoms with E-state index in [0.29, 0.717) is 22.7 Å². The summed E-state index contributed by atoms with van der Waals surface area (Å²) in [6.07, 6.45) is 3.08. The number of nitrogens with one attached hydrogen (secondary N) is 2. The number of ether oxygens (including phenoxy) is 1. The van der Waals surface area contributed by atoms with Crippen LogP contribution in [0, 0.1) is 0 Å². The summed E-state index contributed by atoms with van der Waals surface area (Å²) >= 11 is 0. The molecule has 0 spiro atoms. The maximum Gasteiger partial charge on any atom is 0.255 e. The number of amides is 2. The first-order valence-corrected chi connectivity index (χ1v) is 6.27. The Balaban J connectivity index is 0.00000242. The second-order valence-corrected chi connectivity index (χ2v) is 4.29. The first-order chi connectivity index (χ1) is 10.1. The molecule has 0 saturated carbocycles. The van der Waals surface area contributed by atoms with Crippen LogP contribution in [0.5, 0.6) is 5.75 Å². The normalized spacial score (nSPS) is 9.36. The number of hydrogen-bond donors (Lipinski definition) is 2. The monoisotopic (exact) mass is 321 g/mol. The number of carbonyl (C=O) groups is 2. The lowest BCUT2D eigenvalue weighted by atomic mass is 10.2. The molecule has 22 heavy (non-hydrogen) atoms. The molecule has 1 aromatic heterocycles. The summed E-state index contributed by atoms with van der Waals surface area (Å²) in [5.41, 5.74) is 1.54. The fourth-order valence-corrected chi connectivity index (χ4v) is 1.78. The molecule has 0 fully saturated rings. The highest BCUT2D eigenvalue weighted by molar-refractivity contribution is 6.05. The number of pyridine rings is 1. The van der Waals surface area contributed by atoms with E-state index in [0.717, 1.165) is 0 Å². The molecule has 0 aliphatic heterocycles. The van der Waals surface area contributed by atoms with Crippen LogP contribution in [0.1, 0.15) is 17.3 Å². The lowest BCUT2D eigenvalue weighted by Crippen LogP contribution is -2.13. The highest BCUT2D eigenvalue weighted by Crippen LogP contribution is 2.28. The third-order valence-electron chi connectivity index (χ3n) is 2.71. The van der Waals surface area contributed by atoms with Crippen LogP contribution in [0.3, 0.4) is 0 Å². The average molecular weight is 322 g/mol. The largest absolute Gasteiger partial charge is 0.495 e. The molecule has 1 aromatic carbocycles. The van der Waals surface area contributed by atoms with Gasteiger partial charge < -0.3 is 15.4 Å². The number of methoxy groups -OCH3 is 1. The second-order valence-electron chi connectivity index (χ2n) is 4.29. The minimum atomic E-state index is -0.282. The van der Waals surface area contributed by atoms with Crippen molar-refractivity contribution in [3.8, 4) is 5.75 Å². The van der Waals surface area contributed by atoms with Gasteiger partial charge in [0, 0.05) is 30.6 Å². The van der Waals surface area contributed by atoms with Gasteiger partial charge in [0.05, 0.1) is 12.8 Å². The smallest absolute Gasteiger partial charge is 0.255 e. The number of benzene rings is 1. The topological polar surface area (TPSA) is 80.3 Å². The van der Waals surface area contributed by atoms with Crippen molar-refractivity contribution in [3.05, 3.63) is 48.3 Å². The van der Waals surface area contributed by atoms with Gasteiger partial charge in [-0.15, -0.1) is 12.4 Å². The van der Waals surface area contributed by atoms with Gasteiger partial charge in [-0.1, -0.05) is 0 Å². The van der Waals surface area contributed by atoms with E-state index in [4.69, 9.17) is 4.74 Å². The Kier molecular flexibility index (Phi) is 6.34. The summed E-state index contributed by atoms with van der Waals surface area (Å²) in [5, 5.41) is 5.40. The van der Waals surface area contributed by atoms with Gasteiger partial charge >= 0.3 is 0 Å². The maximum absolute atomic E-state index is 12.1. The van der Waals surface area contributed by atoms with Crippen LogP contribution in [0.15, 0.2) is 42.7 Å². The molecule has 0 unspecified atom stereocenters. The molecule has 0 aliphatic carbocycles. The summed E-state index contributed by atoms with van der Waals surface area (Å²) < 4.78 is 5.20. The van der Waals surface area contributed by atoms with Gasteiger partial charge in [-0.05, 0) is 30.3 Å². The van der Waals surface area contributed by atoms with Crippen molar-refractivity contribution in [1.29, 1.82) is 0 Å². The van der Waals surface area contributed by atoms with Gasteiger partial charge in [0.2, 0.25) is 5.91 Å². The number of halogens is 1. The van der Waals surface area contributed by atoms with Crippen molar-refractivity contribution < 1.29 is 14.3 Å². The van der Waals surface area contributed by atoms with E-state index < -0.39 is 0 Å². The molecule has 2 aromatic rings. The zero-order valence-electron chi connectivity index (χ0n) is 12.1. The van der Waals surface area contributed by atoms with Gasteiger partial charge in [-0.2, -0.15) is 0 Å². The Morgan fingerprint density at radius 3 is 2.36 bits per heavy atom. The van der Waals surface area contributed by atoms with Crippen molar-refractivity contribution in [2.75, 3.05) is 17.7 Å². The number of carbonyl (C=O) groups excluding carboxylic acids is 2. The van der Waals surface area contributed by atoms with Crippen molar-refractivity contribution in [2.24, 2.45) is 0 Å². The van der Waals surface area contributed by atoms with Gasteiger partial charge in [0.15, 0.2) is 0 Å². The van der Waals surface area contributed by atoms with Crippen LogP contribution in [-0.4, -0.2) is 23.9 Å². The Hall–Kier alpha value is -2.60. The minimum absolute atomic E-state index is 0. The summed E-state index contributed by atoms with van der Waals surface area (Å²) in [5.74, 6) is 0.0359. The number of hydrogen-bond acceptors (Lipinski definition) is 4. The molecular weight excluding hydrogens is 306 g/mol. The Morgan fingerprint density at radius 1 is 1.09 bits per heavy atom. The standard InChI is InChI=1S/C15H15N3O3.ClH/c1-10(19)17-12-3-4-14(21-2)13(9-12)18-15(20)11-5-7-16-8-6-11;/h3-9H,1-2H3,(H,17,19)(H,18,20);1H. The maximum atomic E-state index is 12.1. The SMILES string of the molecule is COc1ccc(NC(C)=O)cc1NC(=O)c1ccncc1.Cl. The Bertz CT molecular complexity index is 662. The molecule has 0 atom stereocenters. The summed E-state index contributed by atoms with van der Waals surface area (Å²) in [6.45, 7) is 1.42. The van der Waals surface area contributed by atoms with Crippen LogP contribution in [0.4, 0.5) is 11.4 Å². The van der Waals surface area contributed by atoms with Crippen molar-refractivity contribution >= 4 is 35.6 Å². The molecule has 0 bridgehead atoms. The van der Waals surface area contributed by atoms with Crippen LogP contribution in [0.2, 0.25) is 0 Å². The van der Waals surface area contributed by atoms with Crippen molar-refractivity contribution in [3.63, 3.8) is 0 Å². The van der Waals surface area contributed by atoms with E-state index >= 15 is 0 Å². The molecule has 2 amide bonds. The fraction of sp³-hybridized carbons (Fsp3) is 0.133. The minimum Gasteiger partial charge on any atom is -0.495 e. The highest BCUT2D eigenvalue weighted by atomic mass is 35.5. The van der Waals surface area contributed by atoms with E-state index in [1.807, 2.05) is 0 Å². The summed E-state index contributed by atoms with van der Waals surface area (Å²) in [7, 11) is 1.51. The Morgan fingerprint density at radius 2 is 1.77 bits per heavy atom. The number of nitrogens with zero attached hydrogens (tertiary/aromatic N) is 1.